The molecule has 1 aromatic rings. The zero-order valence-electron chi connectivity index (χ0n) is 13.7. The van der Waals surface area contributed by atoms with E-state index < -0.39 is 0 Å². The lowest BCUT2D eigenvalue weighted by atomic mass is 10.0. The molecule has 2 heteroatoms. The van der Waals surface area contributed by atoms with E-state index >= 15 is 0 Å². The average Bonchev–Trinajstić information content (AvgIpc) is 2.51. The number of unbranched alkanes of at least 4 members (excludes halogenated alkanes) is 7. The first kappa shape index (κ1) is 18.0. The zero-order chi connectivity index (χ0) is 15.2. The third kappa shape index (κ3) is 10.4. The minimum atomic E-state index is 0.286. The summed E-state index contributed by atoms with van der Waals surface area (Å²) >= 11 is 0. The molecule has 1 unspecified atom stereocenters. The topological polar surface area (TPSA) is 35.2 Å². The van der Waals surface area contributed by atoms with E-state index in [-0.39, 0.29) is 6.04 Å². The van der Waals surface area contributed by atoms with Gasteiger partial charge in [0.05, 0.1) is 6.61 Å². The molecule has 0 radical (unpaired) electrons. The smallest absolute Gasteiger partial charge is 0.119 e. The van der Waals surface area contributed by atoms with Crippen molar-refractivity contribution in [2.24, 2.45) is 5.73 Å². The van der Waals surface area contributed by atoms with Crippen molar-refractivity contribution in [2.45, 2.75) is 77.2 Å². The summed E-state index contributed by atoms with van der Waals surface area (Å²) in [4.78, 5) is 0. The van der Waals surface area contributed by atoms with Crippen LogP contribution in [0.25, 0.3) is 0 Å². The number of para-hydroxylation sites is 1. The van der Waals surface area contributed by atoms with Crippen LogP contribution in [0.2, 0.25) is 0 Å². The van der Waals surface area contributed by atoms with Gasteiger partial charge < -0.3 is 10.5 Å². The first-order valence-corrected chi connectivity index (χ1v) is 8.76. The van der Waals surface area contributed by atoms with E-state index in [0.29, 0.717) is 0 Å². The fourth-order valence-electron chi connectivity index (χ4n) is 2.53. The monoisotopic (exact) mass is 291 g/mol. The molecule has 1 aromatic carbocycles. The Labute approximate surface area is 131 Å². The lowest BCUT2D eigenvalue weighted by molar-refractivity contribution is 0.293. The van der Waals surface area contributed by atoms with Gasteiger partial charge in [-0.25, -0.2) is 0 Å². The summed E-state index contributed by atoms with van der Waals surface area (Å²) in [6.07, 6.45) is 13.0. The second-order valence-electron chi connectivity index (χ2n) is 5.97. The lowest BCUT2D eigenvalue weighted by Gasteiger charge is -2.12. The molecule has 120 valence electrons. The van der Waals surface area contributed by atoms with Crippen molar-refractivity contribution >= 4 is 0 Å². The van der Waals surface area contributed by atoms with Gasteiger partial charge in [-0.05, 0) is 25.0 Å². The second-order valence-corrected chi connectivity index (χ2v) is 5.97. The number of hydrogen-bond acceptors (Lipinski definition) is 2. The van der Waals surface area contributed by atoms with Gasteiger partial charge in [-0.3, -0.25) is 0 Å². The fourth-order valence-corrected chi connectivity index (χ4v) is 2.53. The quantitative estimate of drug-likeness (QED) is 0.500. The van der Waals surface area contributed by atoms with Crippen molar-refractivity contribution in [3.63, 3.8) is 0 Å². The predicted octanol–water partition coefficient (Wildman–Crippen LogP) is 5.31. The van der Waals surface area contributed by atoms with Crippen LogP contribution in [0, 0.1) is 0 Å². The highest BCUT2D eigenvalue weighted by Gasteiger charge is 2.03. The van der Waals surface area contributed by atoms with Crippen molar-refractivity contribution < 1.29 is 4.74 Å². The highest BCUT2D eigenvalue weighted by molar-refractivity contribution is 5.20. The molecule has 0 saturated heterocycles. The first-order chi connectivity index (χ1) is 10.3. The van der Waals surface area contributed by atoms with Gasteiger partial charge in [-0.1, -0.05) is 76.5 Å². The summed E-state index contributed by atoms with van der Waals surface area (Å²) in [5.74, 6) is 0.941. The SMILES string of the molecule is CCCCCCCCCCC(N)CCOc1ccccc1. The summed E-state index contributed by atoms with van der Waals surface area (Å²) in [7, 11) is 0. The molecule has 0 saturated carbocycles. The average molecular weight is 291 g/mol. The number of ether oxygens (including phenoxy) is 1. The van der Waals surface area contributed by atoms with Gasteiger partial charge in [-0.2, -0.15) is 0 Å². The van der Waals surface area contributed by atoms with Crippen molar-refractivity contribution in [3.05, 3.63) is 30.3 Å². The van der Waals surface area contributed by atoms with E-state index in [1.54, 1.807) is 0 Å². The van der Waals surface area contributed by atoms with Gasteiger partial charge in [0.15, 0.2) is 0 Å². The van der Waals surface area contributed by atoms with Crippen molar-refractivity contribution in [1.82, 2.24) is 0 Å². The molecule has 0 amide bonds. The van der Waals surface area contributed by atoms with Crippen LogP contribution < -0.4 is 10.5 Å². The molecule has 0 aliphatic rings. The second kappa shape index (κ2) is 12.7. The Morgan fingerprint density at radius 2 is 1.48 bits per heavy atom. The Kier molecular flexibility index (Phi) is 10.9. The molecule has 0 aliphatic carbocycles. The molecule has 0 fully saturated rings. The van der Waals surface area contributed by atoms with E-state index in [1.807, 2.05) is 30.3 Å². The predicted molar refractivity (Wildman–Crippen MR) is 91.8 cm³/mol. The van der Waals surface area contributed by atoms with Crippen LogP contribution in [-0.4, -0.2) is 12.6 Å². The highest BCUT2D eigenvalue weighted by Crippen LogP contribution is 2.12. The maximum absolute atomic E-state index is 6.14. The fraction of sp³-hybridized carbons (Fsp3) is 0.684. The van der Waals surface area contributed by atoms with Gasteiger partial charge in [0.1, 0.15) is 5.75 Å². The summed E-state index contributed by atoms with van der Waals surface area (Å²) in [5, 5.41) is 0. The van der Waals surface area contributed by atoms with Gasteiger partial charge >= 0.3 is 0 Å². The Hall–Kier alpha value is -1.02. The van der Waals surface area contributed by atoms with E-state index in [1.165, 1.54) is 51.4 Å². The molecule has 1 rings (SSSR count). The molecular weight excluding hydrogens is 258 g/mol. The van der Waals surface area contributed by atoms with E-state index in [2.05, 4.69) is 6.92 Å². The van der Waals surface area contributed by atoms with Gasteiger partial charge in [0, 0.05) is 6.04 Å². The molecule has 0 aromatic heterocycles. The molecule has 0 spiro atoms. The molecule has 0 aliphatic heterocycles. The third-order valence-electron chi connectivity index (χ3n) is 3.93. The normalized spacial score (nSPS) is 12.3. The lowest BCUT2D eigenvalue weighted by Crippen LogP contribution is -2.22. The van der Waals surface area contributed by atoms with Crippen LogP contribution in [0.5, 0.6) is 5.75 Å². The molecule has 1 atom stereocenters. The number of rotatable bonds is 13. The Bertz CT molecular complexity index is 326. The Morgan fingerprint density at radius 3 is 2.14 bits per heavy atom. The molecule has 2 N–H and O–H groups in total. The van der Waals surface area contributed by atoms with Crippen LogP contribution in [0.15, 0.2) is 30.3 Å². The summed E-state index contributed by atoms with van der Waals surface area (Å²) in [5.41, 5.74) is 6.14. The number of benzene rings is 1. The number of hydrogen-bond donors (Lipinski definition) is 1. The van der Waals surface area contributed by atoms with Gasteiger partial charge in [0.2, 0.25) is 0 Å². The minimum Gasteiger partial charge on any atom is -0.494 e. The van der Waals surface area contributed by atoms with Crippen LogP contribution in [0.4, 0.5) is 0 Å². The number of nitrogens with two attached hydrogens (primary N) is 1. The molecule has 21 heavy (non-hydrogen) atoms. The van der Waals surface area contributed by atoms with Crippen molar-refractivity contribution in [1.29, 1.82) is 0 Å². The largest absolute Gasteiger partial charge is 0.494 e. The first-order valence-electron chi connectivity index (χ1n) is 8.76. The van der Waals surface area contributed by atoms with Crippen LogP contribution in [0.1, 0.15) is 71.1 Å². The standard InChI is InChI=1S/C19H33NO/c1-2-3-4-5-6-7-8-10-13-18(20)16-17-21-19-14-11-9-12-15-19/h9,11-12,14-15,18H,2-8,10,13,16-17,20H2,1H3. The molecule has 0 heterocycles. The van der Waals surface area contributed by atoms with Crippen LogP contribution in [-0.2, 0) is 0 Å². The highest BCUT2D eigenvalue weighted by atomic mass is 16.5. The van der Waals surface area contributed by atoms with Gasteiger partial charge in [-0.15, -0.1) is 0 Å². The van der Waals surface area contributed by atoms with Crippen molar-refractivity contribution in [3.8, 4) is 5.75 Å². The maximum Gasteiger partial charge on any atom is 0.119 e. The van der Waals surface area contributed by atoms with E-state index in [0.717, 1.165) is 25.2 Å². The third-order valence-corrected chi connectivity index (χ3v) is 3.93. The summed E-state index contributed by atoms with van der Waals surface area (Å²) < 4.78 is 5.68. The molecule has 0 bridgehead atoms. The molecular formula is C19H33NO. The zero-order valence-corrected chi connectivity index (χ0v) is 13.7. The minimum absolute atomic E-state index is 0.286. The summed E-state index contributed by atoms with van der Waals surface area (Å²) in [6.45, 7) is 2.99. The summed E-state index contributed by atoms with van der Waals surface area (Å²) in [6, 6.07) is 10.3. The van der Waals surface area contributed by atoms with Crippen molar-refractivity contribution in [2.75, 3.05) is 6.61 Å². The van der Waals surface area contributed by atoms with E-state index in [9.17, 15) is 0 Å². The Morgan fingerprint density at radius 1 is 0.857 bits per heavy atom. The van der Waals surface area contributed by atoms with Crippen LogP contribution >= 0.6 is 0 Å². The van der Waals surface area contributed by atoms with Gasteiger partial charge in [0.25, 0.3) is 0 Å². The molecule has 2 nitrogen and oxygen atoms in total. The maximum atomic E-state index is 6.14. The Balaban J connectivity index is 1.88. The van der Waals surface area contributed by atoms with Crippen LogP contribution in [0.3, 0.4) is 0 Å². The van der Waals surface area contributed by atoms with E-state index in [4.69, 9.17) is 10.5 Å².